The van der Waals surface area contributed by atoms with Gasteiger partial charge >= 0.3 is 5.97 Å². The molecule has 2 fully saturated rings. The predicted molar refractivity (Wildman–Crippen MR) is 59.1 cm³/mol. The molecule has 1 amide bonds. The van der Waals surface area contributed by atoms with E-state index >= 15 is 0 Å². The van der Waals surface area contributed by atoms with Crippen molar-refractivity contribution in [1.82, 2.24) is 4.90 Å². The fourth-order valence-electron chi connectivity index (χ4n) is 2.30. The third-order valence-electron chi connectivity index (χ3n) is 3.03. The van der Waals surface area contributed by atoms with E-state index < -0.39 is 17.6 Å². The molecule has 17 heavy (non-hydrogen) atoms. The number of Topliss-reactive ketones (excluding diaryl/α,β-unsaturated/α-hetero) is 1. The minimum atomic E-state index is -1.01. The Morgan fingerprint density at radius 3 is 2.53 bits per heavy atom. The Morgan fingerprint density at radius 2 is 2.00 bits per heavy atom. The van der Waals surface area contributed by atoms with Gasteiger partial charge in [0.1, 0.15) is 5.60 Å². The Bertz CT molecular complexity index is 382. The van der Waals surface area contributed by atoms with Gasteiger partial charge in [0.15, 0.2) is 11.8 Å². The number of piperidine rings is 1. The van der Waals surface area contributed by atoms with E-state index in [-0.39, 0.29) is 17.7 Å². The number of fused-ring (bicyclic) bond motifs is 1. The van der Waals surface area contributed by atoms with Gasteiger partial charge in [-0.2, -0.15) is 0 Å². The van der Waals surface area contributed by atoms with Crippen LogP contribution in [0.2, 0.25) is 0 Å². The summed E-state index contributed by atoms with van der Waals surface area (Å²) < 4.78 is 5.19. The third-order valence-corrected chi connectivity index (χ3v) is 3.03. The molecule has 94 valence electrons. The summed E-state index contributed by atoms with van der Waals surface area (Å²) in [6, 6.07) is -0.952. The van der Waals surface area contributed by atoms with Crippen LogP contribution < -0.4 is 0 Å². The number of ketones is 1. The molecule has 0 aliphatic carbocycles. The highest BCUT2D eigenvalue weighted by atomic mass is 16.6. The Balaban J connectivity index is 2.14. The van der Waals surface area contributed by atoms with Crippen molar-refractivity contribution in [1.29, 1.82) is 0 Å². The molecule has 2 rings (SSSR count). The smallest absolute Gasteiger partial charge is 0.337 e. The molecule has 2 aliphatic heterocycles. The Kier molecular flexibility index (Phi) is 2.72. The largest absolute Gasteiger partial charge is 0.458 e. The van der Waals surface area contributed by atoms with E-state index in [4.69, 9.17) is 4.74 Å². The third kappa shape index (κ3) is 2.18. The normalized spacial score (nSPS) is 28.5. The Labute approximate surface area is 100 Å². The highest BCUT2D eigenvalue weighted by molar-refractivity contribution is 6.08. The van der Waals surface area contributed by atoms with Crippen LogP contribution in [-0.4, -0.2) is 40.2 Å². The van der Waals surface area contributed by atoms with Gasteiger partial charge in [-0.25, -0.2) is 4.79 Å². The summed E-state index contributed by atoms with van der Waals surface area (Å²) in [5.41, 5.74) is -0.641. The summed E-state index contributed by atoms with van der Waals surface area (Å²) in [7, 11) is 0. The molecular formula is C12H17NO4. The maximum atomic E-state index is 11.9. The van der Waals surface area contributed by atoms with Crippen molar-refractivity contribution < 1.29 is 19.1 Å². The summed E-state index contributed by atoms with van der Waals surface area (Å²) in [4.78, 5) is 36.5. The number of esters is 1. The van der Waals surface area contributed by atoms with E-state index in [9.17, 15) is 14.4 Å². The molecule has 1 unspecified atom stereocenters. The molecular weight excluding hydrogens is 222 g/mol. The molecule has 0 N–H and O–H groups in total. The minimum absolute atomic E-state index is 0.0534. The van der Waals surface area contributed by atoms with Crippen molar-refractivity contribution in [2.24, 2.45) is 0 Å². The number of carbonyl (C=O) groups excluding carboxylic acids is 3. The quantitative estimate of drug-likeness (QED) is 0.383. The second kappa shape index (κ2) is 3.82. The zero-order valence-corrected chi connectivity index (χ0v) is 10.4. The predicted octanol–water partition coefficient (Wildman–Crippen LogP) is 0.660. The van der Waals surface area contributed by atoms with Crippen LogP contribution in [0.5, 0.6) is 0 Å². The average Bonchev–Trinajstić information content (AvgIpc) is 2.16. The lowest BCUT2D eigenvalue weighted by Crippen LogP contribution is -2.65. The summed E-state index contributed by atoms with van der Waals surface area (Å²) >= 11 is 0. The number of rotatable bonds is 1. The first-order valence-corrected chi connectivity index (χ1v) is 5.86. The van der Waals surface area contributed by atoms with Crippen LogP contribution in [0.3, 0.4) is 0 Å². The second-order valence-corrected chi connectivity index (χ2v) is 5.60. The number of carbonyl (C=O) groups is 3. The van der Waals surface area contributed by atoms with Gasteiger partial charge in [-0.15, -0.1) is 0 Å². The van der Waals surface area contributed by atoms with Crippen LogP contribution in [0.15, 0.2) is 0 Å². The molecule has 0 aromatic heterocycles. The molecule has 0 aromatic rings. The number of ether oxygens (including phenoxy) is 1. The highest BCUT2D eigenvalue weighted by Crippen LogP contribution is 2.32. The lowest BCUT2D eigenvalue weighted by atomic mass is 9.85. The first kappa shape index (κ1) is 12.1. The van der Waals surface area contributed by atoms with E-state index in [2.05, 4.69) is 0 Å². The molecule has 5 nitrogen and oxygen atoms in total. The lowest BCUT2D eigenvalue weighted by Gasteiger charge is -2.47. The number of amides is 1. The standard InChI is InChI=1S/C12H17NO4/c1-12(2,3)17-11(16)10-8(14)5-4-7-6-9(15)13(7)10/h7,10H,4-6H2,1-3H3/t7-,10?/m1/s1. The summed E-state index contributed by atoms with van der Waals surface area (Å²) in [6.07, 6.45) is 1.48. The number of hydrogen-bond acceptors (Lipinski definition) is 4. The maximum Gasteiger partial charge on any atom is 0.337 e. The Morgan fingerprint density at radius 1 is 1.35 bits per heavy atom. The zero-order chi connectivity index (χ0) is 12.8. The van der Waals surface area contributed by atoms with Gasteiger partial charge in [-0.1, -0.05) is 0 Å². The first-order chi connectivity index (χ1) is 7.79. The van der Waals surface area contributed by atoms with Crippen molar-refractivity contribution in [3.8, 4) is 0 Å². The number of nitrogens with zero attached hydrogens (tertiary/aromatic N) is 1. The molecule has 2 heterocycles. The van der Waals surface area contributed by atoms with Gasteiger partial charge in [-0.3, -0.25) is 9.59 Å². The first-order valence-electron chi connectivity index (χ1n) is 5.86. The average molecular weight is 239 g/mol. The van der Waals surface area contributed by atoms with Gasteiger partial charge in [-0.05, 0) is 27.2 Å². The molecule has 0 spiro atoms. The monoisotopic (exact) mass is 239 g/mol. The van der Waals surface area contributed by atoms with Crippen LogP contribution in [0.1, 0.15) is 40.0 Å². The molecule has 0 aromatic carbocycles. The molecule has 2 saturated heterocycles. The molecule has 0 saturated carbocycles. The second-order valence-electron chi connectivity index (χ2n) is 5.60. The summed E-state index contributed by atoms with van der Waals surface area (Å²) in [5.74, 6) is -0.928. The summed E-state index contributed by atoms with van der Waals surface area (Å²) in [6.45, 7) is 5.23. The van der Waals surface area contributed by atoms with Gasteiger partial charge in [0, 0.05) is 18.9 Å². The van der Waals surface area contributed by atoms with Gasteiger partial charge in [0.05, 0.1) is 0 Å². The van der Waals surface area contributed by atoms with Gasteiger partial charge in [0.25, 0.3) is 0 Å². The maximum absolute atomic E-state index is 11.9. The highest BCUT2D eigenvalue weighted by Gasteiger charge is 2.51. The topological polar surface area (TPSA) is 63.7 Å². The van der Waals surface area contributed by atoms with E-state index in [1.165, 1.54) is 4.90 Å². The van der Waals surface area contributed by atoms with Crippen LogP contribution in [0.25, 0.3) is 0 Å². The van der Waals surface area contributed by atoms with Crippen molar-refractivity contribution in [2.75, 3.05) is 0 Å². The zero-order valence-electron chi connectivity index (χ0n) is 10.4. The number of hydrogen-bond donors (Lipinski definition) is 0. The molecule has 5 heteroatoms. The molecule has 0 bridgehead atoms. The van der Waals surface area contributed by atoms with Crippen molar-refractivity contribution in [3.63, 3.8) is 0 Å². The van der Waals surface area contributed by atoms with Gasteiger partial charge < -0.3 is 9.64 Å². The summed E-state index contributed by atoms with van der Waals surface area (Å²) in [5, 5.41) is 0. The molecule has 2 aliphatic rings. The molecule has 2 atom stereocenters. The van der Waals surface area contributed by atoms with Crippen molar-refractivity contribution >= 4 is 17.7 Å². The van der Waals surface area contributed by atoms with Crippen LogP contribution in [-0.2, 0) is 19.1 Å². The molecule has 0 radical (unpaired) electrons. The number of β-lactam (4-membered cyclic amide) rings is 1. The lowest BCUT2D eigenvalue weighted by molar-refractivity contribution is -0.178. The van der Waals surface area contributed by atoms with Crippen molar-refractivity contribution in [3.05, 3.63) is 0 Å². The minimum Gasteiger partial charge on any atom is -0.458 e. The van der Waals surface area contributed by atoms with E-state index in [1.54, 1.807) is 20.8 Å². The van der Waals surface area contributed by atoms with Crippen LogP contribution >= 0.6 is 0 Å². The van der Waals surface area contributed by atoms with E-state index in [0.29, 0.717) is 19.3 Å². The fraction of sp³-hybridized carbons (Fsp3) is 0.750. The fourth-order valence-corrected chi connectivity index (χ4v) is 2.30. The van der Waals surface area contributed by atoms with Crippen LogP contribution in [0, 0.1) is 0 Å². The van der Waals surface area contributed by atoms with E-state index in [0.717, 1.165) is 0 Å². The van der Waals surface area contributed by atoms with Crippen molar-refractivity contribution in [2.45, 2.75) is 57.7 Å². The SMILES string of the molecule is CC(C)(C)OC(=O)C1C(=O)CC[C@@H]2CC(=O)N12. The Hall–Kier alpha value is -1.39. The van der Waals surface area contributed by atoms with Gasteiger partial charge in [0.2, 0.25) is 5.91 Å². The van der Waals surface area contributed by atoms with Crippen LogP contribution in [0.4, 0.5) is 0 Å². The van der Waals surface area contributed by atoms with E-state index in [1.807, 2.05) is 0 Å².